The lowest BCUT2D eigenvalue weighted by molar-refractivity contribution is -0.120. The minimum absolute atomic E-state index is 0. The van der Waals surface area contributed by atoms with Gasteiger partial charge < -0.3 is 20.4 Å². The second-order valence-electron chi connectivity index (χ2n) is 5.97. The van der Waals surface area contributed by atoms with Gasteiger partial charge in [0.2, 0.25) is 5.91 Å². The molecule has 1 atom stereocenters. The van der Waals surface area contributed by atoms with Gasteiger partial charge in [0.1, 0.15) is 5.76 Å². The second-order valence-corrected chi connectivity index (χ2v) is 5.97. The fourth-order valence-electron chi connectivity index (χ4n) is 2.31. The van der Waals surface area contributed by atoms with Crippen molar-refractivity contribution in [1.82, 2.24) is 16.0 Å². The van der Waals surface area contributed by atoms with Crippen LogP contribution in [0, 0.1) is 6.92 Å². The maximum absolute atomic E-state index is 11.9. The van der Waals surface area contributed by atoms with Gasteiger partial charge in [-0.25, -0.2) is 0 Å². The average molecular weight is 470 g/mol. The van der Waals surface area contributed by atoms with Crippen molar-refractivity contribution in [3.8, 4) is 0 Å². The lowest BCUT2D eigenvalue weighted by Crippen LogP contribution is -2.43. The van der Waals surface area contributed by atoms with Crippen LogP contribution in [0.25, 0.3) is 0 Å². The summed E-state index contributed by atoms with van der Waals surface area (Å²) in [5.74, 6) is 1.55. The van der Waals surface area contributed by atoms with Crippen molar-refractivity contribution in [3.05, 3.63) is 59.5 Å². The number of guanidine groups is 1. The van der Waals surface area contributed by atoms with Crippen molar-refractivity contribution in [3.63, 3.8) is 0 Å². The Kier molecular flexibility index (Phi) is 9.79. The first-order valence-corrected chi connectivity index (χ1v) is 8.38. The predicted octanol–water partition coefficient (Wildman–Crippen LogP) is 2.79. The Morgan fingerprint density at radius 1 is 1.15 bits per heavy atom. The van der Waals surface area contributed by atoms with Crippen LogP contribution in [-0.2, 0) is 11.3 Å². The third-order valence-electron chi connectivity index (χ3n) is 3.90. The van der Waals surface area contributed by atoms with E-state index < -0.39 is 0 Å². The molecule has 6 nitrogen and oxygen atoms in total. The lowest BCUT2D eigenvalue weighted by atomic mass is 10.0. The minimum atomic E-state index is -0.120. The summed E-state index contributed by atoms with van der Waals surface area (Å²) in [4.78, 5) is 16.0. The Hall–Kier alpha value is -2.03. The molecule has 0 bridgehead atoms. The van der Waals surface area contributed by atoms with E-state index in [1.165, 1.54) is 11.1 Å². The maximum atomic E-state index is 11.9. The van der Waals surface area contributed by atoms with E-state index >= 15 is 0 Å². The van der Waals surface area contributed by atoms with Crippen LogP contribution in [0.15, 0.2) is 52.1 Å². The Morgan fingerprint density at radius 3 is 2.50 bits per heavy atom. The SMILES string of the molecule is CN=C(NCC(=O)NCc1ccco1)NCC(C)c1ccc(C)cc1.I. The molecule has 2 rings (SSSR count). The highest BCUT2D eigenvalue weighted by atomic mass is 127. The molecule has 0 fully saturated rings. The van der Waals surface area contributed by atoms with Crippen molar-refractivity contribution in [2.75, 3.05) is 20.1 Å². The minimum Gasteiger partial charge on any atom is -0.467 e. The fourth-order valence-corrected chi connectivity index (χ4v) is 2.31. The van der Waals surface area contributed by atoms with Crippen molar-refractivity contribution in [1.29, 1.82) is 0 Å². The molecule has 142 valence electrons. The Balaban J connectivity index is 0.00000338. The summed E-state index contributed by atoms with van der Waals surface area (Å²) in [7, 11) is 1.69. The van der Waals surface area contributed by atoms with Gasteiger partial charge >= 0.3 is 0 Å². The van der Waals surface area contributed by atoms with Gasteiger partial charge in [0.25, 0.3) is 0 Å². The summed E-state index contributed by atoms with van der Waals surface area (Å²) in [6.45, 7) is 5.50. The Labute approximate surface area is 171 Å². The highest BCUT2D eigenvalue weighted by Gasteiger charge is 2.08. The van der Waals surface area contributed by atoms with Crippen LogP contribution in [0.3, 0.4) is 0 Å². The molecule has 0 radical (unpaired) electrons. The van der Waals surface area contributed by atoms with Gasteiger partial charge in [-0.1, -0.05) is 36.8 Å². The summed E-state index contributed by atoms with van der Waals surface area (Å²) >= 11 is 0. The molecule has 0 saturated heterocycles. The Morgan fingerprint density at radius 2 is 1.88 bits per heavy atom. The van der Waals surface area contributed by atoms with Gasteiger partial charge in [-0.05, 0) is 30.5 Å². The van der Waals surface area contributed by atoms with E-state index in [9.17, 15) is 4.79 Å². The Bertz CT molecular complexity index is 684. The van der Waals surface area contributed by atoms with E-state index in [1.807, 2.05) is 6.07 Å². The molecular formula is C19H27IN4O2. The number of carbonyl (C=O) groups is 1. The van der Waals surface area contributed by atoms with E-state index in [1.54, 1.807) is 19.4 Å². The van der Waals surface area contributed by atoms with Crippen LogP contribution in [0.5, 0.6) is 0 Å². The van der Waals surface area contributed by atoms with E-state index in [0.717, 1.165) is 12.3 Å². The fraction of sp³-hybridized carbons (Fsp3) is 0.368. The van der Waals surface area contributed by atoms with Gasteiger partial charge in [0, 0.05) is 13.6 Å². The van der Waals surface area contributed by atoms with Gasteiger partial charge in [0.15, 0.2) is 5.96 Å². The van der Waals surface area contributed by atoms with Crippen LogP contribution in [0.1, 0.15) is 29.7 Å². The molecule has 0 aliphatic rings. The number of nitrogens with one attached hydrogen (secondary N) is 3. The summed E-state index contributed by atoms with van der Waals surface area (Å²) in [6.07, 6.45) is 1.58. The maximum Gasteiger partial charge on any atom is 0.239 e. The number of rotatable bonds is 7. The first-order chi connectivity index (χ1) is 12.1. The van der Waals surface area contributed by atoms with Crippen LogP contribution >= 0.6 is 24.0 Å². The topological polar surface area (TPSA) is 78.7 Å². The van der Waals surface area contributed by atoms with Crippen LogP contribution in [0.4, 0.5) is 0 Å². The molecule has 1 heterocycles. The summed E-state index contributed by atoms with van der Waals surface area (Å²) in [6, 6.07) is 12.1. The molecule has 0 aliphatic carbocycles. The summed E-state index contributed by atoms with van der Waals surface area (Å²) < 4.78 is 5.17. The molecule has 1 aromatic carbocycles. The standard InChI is InChI=1S/C19H26N4O2.HI/c1-14-6-8-16(9-7-14)15(2)11-22-19(20-3)23-13-18(24)21-12-17-5-4-10-25-17;/h4-10,15H,11-13H2,1-3H3,(H,21,24)(H2,20,22,23);1H. The molecule has 2 aromatic rings. The van der Waals surface area contributed by atoms with E-state index in [0.29, 0.717) is 18.4 Å². The predicted molar refractivity (Wildman–Crippen MR) is 115 cm³/mol. The number of carbonyl (C=O) groups excluding carboxylic acids is 1. The van der Waals surface area contributed by atoms with Crippen LogP contribution in [-0.4, -0.2) is 32.0 Å². The van der Waals surface area contributed by atoms with Crippen molar-refractivity contribution in [2.24, 2.45) is 4.99 Å². The zero-order chi connectivity index (χ0) is 18.1. The first kappa shape index (κ1) is 22.0. The van der Waals surface area contributed by atoms with Gasteiger partial charge in [-0.15, -0.1) is 24.0 Å². The highest BCUT2D eigenvalue weighted by Crippen LogP contribution is 2.14. The van der Waals surface area contributed by atoms with E-state index in [2.05, 4.69) is 59.1 Å². The number of benzene rings is 1. The largest absolute Gasteiger partial charge is 0.467 e. The summed E-state index contributed by atoms with van der Waals surface area (Å²) in [5, 5.41) is 9.04. The number of hydrogen-bond acceptors (Lipinski definition) is 3. The molecular weight excluding hydrogens is 443 g/mol. The molecule has 0 spiro atoms. The van der Waals surface area contributed by atoms with Crippen LogP contribution in [0.2, 0.25) is 0 Å². The second kappa shape index (κ2) is 11.6. The lowest BCUT2D eigenvalue weighted by Gasteiger charge is -2.16. The number of halogens is 1. The average Bonchev–Trinajstić information content (AvgIpc) is 3.14. The van der Waals surface area contributed by atoms with Crippen molar-refractivity contribution in [2.45, 2.75) is 26.3 Å². The monoisotopic (exact) mass is 470 g/mol. The first-order valence-electron chi connectivity index (χ1n) is 8.38. The molecule has 0 aliphatic heterocycles. The van der Waals surface area contributed by atoms with Gasteiger partial charge in [-0.2, -0.15) is 0 Å². The van der Waals surface area contributed by atoms with E-state index in [4.69, 9.17) is 4.42 Å². The number of aryl methyl sites for hydroxylation is 1. The molecule has 26 heavy (non-hydrogen) atoms. The van der Waals surface area contributed by atoms with Gasteiger partial charge in [-0.3, -0.25) is 9.79 Å². The number of amides is 1. The van der Waals surface area contributed by atoms with Crippen LogP contribution < -0.4 is 16.0 Å². The quantitative estimate of drug-likeness (QED) is 0.331. The molecule has 1 unspecified atom stereocenters. The third kappa shape index (κ3) is 7.47. The number of aliphatic imine (C=N–C) groups is 1. The normalized spacial score (nSPS) is 12.0. The third-order valence-corrected chi connectivity index (χ3v) is 3.90. The smallest absolute Gasteiger partial charge is 0.239 e. The van der Waals surface area contributed by atoms with Crippen molar-refractivity contribution < 1.29 is 9.21 Å². The number of hydrogen-bond donors (Lipinski definition) is 3. The van der Waals surface area contributed by atoms with Gasteiger partial charge in [0.05, 0.1) is 19.4 Å². The number of nitrogens with zero attached hydrogens (tertiary/aromatic N) is 1. The molecule has 1 aromatic heterocycles. The highest BCUT2D eigenvalue weighted by molar-refractivity contribution is 14.0. The molecule has 3 N–H and O–H groups in total. The molecule has 1 amide bonds. The molecule has 0 saturated carbocycles. The van der Waals surface area contributed by atoms with E-state index in [-0.39, 0.29) is 36.4 Å². The molecule has 7 heteroatoms. The zero-order valence-corrected chi connectivity index (χ0v) is 17.7. The number of furan rings is 1. The summed E-state index contributed by atoms with van der Waals surface area (Å²) in [5.41, 5.74) is 2.52. The van der Waals surface area contributed by atoms with Crippen molar-refractivity contribution >= 4 is 35.8 Å². The zero-order valence-electron chi connectivity index (χ0n) is 15.4.